The highest BCUT2D eigenvalue weighted by molar-refractivity contribution is 6.30. The molecule has 0 fully saturated rings. The molecular formula is C20H18ClNO3. The zero-order valence-electron chi connectivity index (χ0n) is 14.0. The van der Waals surface area contributed by atoms with Crippen molar-refractivity contribution >= 4 is 28.3 Å². The summed E-state index contributed by atoms with van der Waals surface area (Å²) in [6, 6.07) is 16.6. The van der Waals surface area contributed by atoms with Crippen molar-refractivity contribution in [2.45, 2.75) is 6.54 Å². The number of carbonyl (C=O) groups is 1. The Labute approximate surface area is 151 Å². The summed E-state index contributed by atoms with van der Waals surface area (Å²) >= 11 is 6.04. The van der Waals surface area contributed by atoms with Crippen LogP contribution in [-0.4, -0.2) is 20.1 Å². The number of rotatable bonds is 5. The maximum Gasteiger partial charge on any atom is 0.252 e. The summed E-state index contributed by atoms with van der Waals surface area (Å²) in [5.74, 6) is 1.26. The van der Waals surface area contributed by atoms with Crippen molar-refractivity contribution in [2.75, 3.05) is 14.2 Å². The fourth-order valence-electron chi connectivity index (χ4n) is 2.80. The van der Waals surface area contributed by atoms with Gasteiger partial charge >= 0.3 is 0 Å². The lowest BCUT2D eigenvalue weighted by Gasteiger charge is -2.12. The number of hydrogen-bond acceptors (Lipinski definition) is 3. The summed E-state index contributed by atoms with van der Waals surface area (Å²) < 4.78 is 10.7. The third kappa shape index (κ3) is 3.54. The third-order valence-electron chi connectivity index (χ3n) is 4.03. The second kappa shape index (κ2) is 7.45. The Bertz CT molecular complexity index is 924. The second-order valence-corrected chi connectivity index (χ2v) is 5.94. The van der Waals surface area contributed by atoms with Gasteiger partial charge in [-0.25, -0.2) is 0 Å². The van der Waals surface area contributed by atoms with E-state index in [0.717, 1.165) is 22.1 Å². The van der Waals surface area contributed by atoms with E-state index in [9.17, 15) is 4.79 Å². The van der Waals surface area contributed by atoms with Crippen LogP contribution in [0.3, 0.4) is 0 Å². The molecule has 3 aromatic carbocycles. The zero-order valence-corrected chi connectivity index (χ0v) is 14.8. The van der Waals surface area contributed by atoms with Crippen LogP contribution in [-0.2, 0) is 6.54 Å². The largest absolute Gasteiger partial charge is 0.496 e. The number of carbonyl (C=O) groups excluding carboxylic acids is 1. The molecule has 0 saturated heterocycles. The lowest BCUT2D eigenvalue weighted by Crippen LogP contribution is -2.23. The van der Waals surface area contributed by atoms with Gasteiger partial charge in [0.1, 0.15) is 11.5 Å². The van der Waals surface area contributed by atoms with Crippen LogP contribution in [0.4, 0.5) is 0 Å². The first kappa shape index (κ1) is 17.1. The van der Waals surface area contributed by atoms with E-state index < -0.39 is 0 Å². The van der Waals surface area contributed by atoms with E-state index in [1.165, 1.54) is 0 Å². The van der Waals surface area contributed by atoms with Crippen LogP contribution in [0.2, 0.25) is 5.02 Å². The molecule has 0 aliphatic heterocycles. The first-order chi connectivity index (χ1) is 12.1. The first-order valence-corrected chi connectivity index (χ1v) is 8.18. The molecule has 0 unspecified atom stereocenters. The van der Waals surface area contributed by atoms with Gasteiger partial charge in [0.2, 0.25) is 0 Å². The van der Waals surface area contributed by atoms with Gasteiger partial charge in [-0.3, -0.25) is 4.79 Å². The van der Waals surface area contributed by atoms with E-state index in [2.05, 4.69) is 5.32 Å². The Balaban J connectivity index is 1.88. The van der Waals surface area contributed by atoms with E-state index in [4.69, 9.17) is 21.1 Å². The van der Waals surface area contributed by atoms with Crippen molar-refractivity contribution in [1.29, 1.82) is 0 Å². The molecule has 0 aliphatic carbocycles. The molecule has 0 bridgehead atoms. The van der Waals surface area contributed by atoms with E-state index in [-0.39, 0.29) is 5.91 Å². The summed E-state index contributed by atoms with van der Waals surface area (Å²) in [4.78, 5) is 12.7. The Kier molecular flexibility index (Phi) is 5.10. The van der Waals surface area contributed by atoms with Gasteiger partial charge in [0, 0.05) is 28.1 Å². The summed E-state index contributed by atoms with van der Waals surface area (Å²) in [5, 5.41) is 5.27. The SMILES string of the molecule is COc1ccc(Cl)cc1CNC(=O)c1ccc(OC)c2ccccc12. The van der Waals surface area contributed by atoms with Crippen LogP contribution in [0.5, 0.6) is 11.5 Å². The predicted molar refractivity (Wildman–Crippen MR) is 99.7 cm³/mol. The topological polar surface area (TPSA) is 47.6 Å². The Morgan fingerprint density at radius 3 is 2.36 bits per heavy atom. The molecule has 1 amide bonds. The van der Waals surface area contributed by atoms with Crippen LogP contribution in [0.15, 0.2) is 54.6 Å². The van der Waals surface area contributed by atoms with Crippen LogP contribution < -0.4 is 14.8 Å². The van der Waals surface area contributed by atoms with E-state index in [1.54, 1.807) is 44.6 Å². The molecule has 3 rings (SSSR count). The molecule has 0 saturated carbocycles. The van der Waals surface area contributed by atoms with Crippen molar-refractivity contribution in [3.05, 3.63) is 70.7 Å². The summed E-state index contributed by atoms with van der Waals surface area (Å²) in [6.45, 7) is 0.322. The fraction of sp³-hybridized carbons (Fsp3) is 0.150. The Morgan fingerprint density at radius 2 is 1.64 bits per heavy atom. The quantitative estimate of drug-likeness (QED) is 0.736. The molecule has 5 heteroatoms. The van der Waals surface area contributed by atoms with Gasteiger partial charge < -0.3 is 14.8 Å². The van der Waals surface area contributed by atoms with Gasteiger partial charge in [-0.15, -0.1) is 0 Å². The minimum atomic E-state index is -0.166. The molecule has 0 aromatic heterocycles. The van der Waals surface area contributed by atoms with Crippen LogP contribution in [0.1, 0.15) is 15.9 Å². The second-order valence-electron chi connectivity index (χ2n) is 5.50. The normalized spacial score (nSPS) is 10.5. The summed E-state index contributed by atoms with van der Waals surface area (Å²) in [6.07, 6.45) is 0. The molecule has 4 nitrogen and oxygen atoms in total. The molecule has 1 N–H and O–H groups in total. The summed E-state index contributed by atoms with van der Waals surface area (Å²) in [7, 11) is 3.21. The minimum Gasteiger partial charge on any atom is -0.496 e. The zero-order chi connectivity index (χ0) is 17.8. The molecule has 0 heterocycles. The lowest BCUT2D eigenvalue weighted by molar-refractivity contribution is 0.0952. The molecule has 3 aromatic rings. The number of amides is 1. The first-order valence-electron chi connectivity index (χ1n) is 7.80. The Morgan fingerprint density at radius 1 is 0.960 bits per heavy atom. The van der Waals surface area contributed by atoms with Crippen LogP contribution >= 0.6 is 11.6 Å². The van der Waals surface area contributed by atoms with Crippen LogP contribution in [0.25, 0.3) is 10.8 Å². The van der Waals surface area contributed by atoms with Crippen molar-refractivity contribution in [1.82, 2.24) is 5.32 Å². The average molecular weight is 356 g/mol. The van der Waals surface area contributed by atoms with Gasteiger partial charge in [-0.1, -0.05) is 35.9 Å². The van der Waals surface area contributed by atoms with E-state index in [1.807, 2.05) is 24.3 Å². The van der Waals surface area contributed by atoms with E-state index in [0.29, 0.717) is 22.9 Å². The number of methoxy groups -OCH3 is 2. The molecule has 0 radical (unpaired) electrons. The lowest BCUT2D eigenvalue weighted by atomic mass is 10.0. The average Bonchev–Trinajstić information content (AvgIpc) is 2.65. The maximum absolute atomic E-state index is 12.7. The van der Waals surface area contributed by atoms with Gasteiger partial charge in [0.25, 0.3) is 5.91 Å². The molecule has 0 aliphatic rings. The Hall–Kier alpha value is -2.72. The number of fused-ring (bicyclic) bond motifs is 1. The minimum absolute atomic E-state index is 0.166. The molecular weight excluding hydrogens is 338 g/mol. The van der Waals surface area contributed by atoms with Crippen molar-refractivity contribution in [3.63, 3.8) is 0 Å². The van der Waals surface area contributed by atoms with Gasteiger partial charge in [-0.2, -0.15) is 0 Å². The highest BCUT2D eigenvalue weighted by Crippen LogP contribution is 2.28. The van der Waals surface area contributed by atoms with E-state index >= 15 is 0 Å². The smallest absolute Gasteiger partial charge is 0.252 e. The van der Waals surface area contributed by atoms with Crippen LogP contribution in [0, 0.1) is 0 Å². The van der Waals surface area contributed by atoms with Gasteiger partial charge in [0.05, 0.1) is 14.2 Å². The van der Waals surface area contributed by atoms with Crippen molar-refractivity contribution < 1.29 is 14.3 Å². The molecule has 25 heavy (non-hydrogen) atoms. The third-order valence-corrected chi connectivity index (χ3v) is 4.27. The number of ether oxygens (including phenoxy) is 2. The van der Waals surface area contributed by atoms with Crippen molar-refractivity contribution in [3.8, 4) is 11.5 Å². The number of benzene rings is 3. The standard InChI is InChI=1S/C20H18ClNO3/c1-24-18-9-7-14(21)11-13(18)12-22-20(23)17-8-10-19(25-2)16-6-4-3-5-15(16)17/h3-11H,12H2,1-2H3,(H,22,23). The number of nitrogens with one attached hydrogen (secondary N) is 1. The highest BCUT2D eigenvalue weighted by Gasteiger charge is 2.13. The monoisotopic (exact) mass is 355 g/mol. The summed E-state index contributed by atoms with van der Waals surface area (Å²) in [5.41, 5.74) is 1.42. The van der Waals surface area contributed by atoms with Crippen molar-refractivity contribution in [2.24, 2.45) is 0 Å². The fourth-order valence-corrected chi connectivity index (χ4v) is 3.00. The molecule has 128 valence electrons. The van der Waals surface area contributed by atoms with Gasteiger partial charge in [-0.05, 0) is 35.7 Å². The molecule has 0 spiro atoms. The maximum atomic E-state index is 12.7. The number of hydrogen-bond donors (Lipinski definition) is 1. The molecule has 0 atom stereocenters. The predicted octanol–water partition coefficient (Wildman–Crippen LogP) is 4.44. The van der Waals surface area contributed by atoms with Gasteiger partial charge in [0.15, 0.2) is 0 Å². The highest BCUT2D eigenvalue weighted by atomic mass is 35.5. The number of halogens is 1.